The third-order valence-electron chi connectivity index (χ3n) is 3.99. The molecule has 0 aliphatic carbocycles. The van der Waals surface area contributed by atoms with Crippen molar-refractivity contribution in [3.8, 4) is 22.8 Å². The smallest absolute Gasteiger partial charge is 0.416 e. The maximum atomic E-state index is 12.4. The van der Waals surface area contributed by atoms with Crippen molar-refractivity contribution >= 4 is 17.7 Å². The first kappa shape index (κ1) is 20.9. The largest absolute Gasteiger partial charge is 0.464 e. The molecule has 2 heterocycles. The topological polar surface area (TPSA) is 117 Å². The minimum Gasteiger partial charge on any atom is -0.464 e. The van der Waals surface area contributed by atoms with E-state index in [1.54, 1.807) is 36.4 Å². The van der Waals surface area contributed by atoms with Crippen LogP contribution in [-0.2, 0) is 4.74 Å². The van der Waals surface area contributed by atoms with E-state index < -0.39 is 12.1 Å². The van der Waals surface area contributed by atoms with Gasteiger partial charge in [0.15, 0.2) is 0 Å². The molecule has 0 saturated heterocycles. The van der Waals surface area contributed by atoms with Crippen LogP contribution >= 0.6 is 0 Å². The minimum atomic E-state index is -1.30. The number of hydrogen-bond donors (Lipinski definition) is 2. The fraction of sp³-hybridized carbons (Fsp3) is 0.227. The molecule has 0 bridgehead atoms. The molecule has 156 valence electrons. The van der Waals surface area contributed by atoms with Gasteiger partial charge in [0, 0.05) is 35.8 Å². The minimum absolute atomic E-state index is 0.0919. The van der Waals surface area contributed by atoms with Crippen molar-refractivity contribution in [3.05, 3.63) is 60.6 Å². The molecule has 8 nitrogen and oxygen atoms in total. The molecule has 3 N–H and O–H groups in total. The van der Waals surface area contributed by atoms with E-state index in [-0.39, 0.29) is 17.7 Å². The van der Waals surface area contributed by atoms with Gasteiger partial charge in [0.1, 0.15) is 17.2 Å². The monoisotopic (exact) mass is 409 g/mol. The first-order chi connectivity index (χ1) is 14.1. The molecule has 0 fully saturated rings. The highest BCUT2D eigenvalue weighted by Gasteiger charge is 2.22. The lowest BCUT2D eigenvalue weighted by Gasteiger charge is -2.17. The maximum absolute atomic E-state index is 12.4. The van der Waals surface area contributed by atoms with E-state index in [0.717, 1.165) is 4.57 Å². The summed E-state index contributed by atoms with van der Waals surface area (Å²) < 4.78 is 11.9. The molecule has 0 saturated carbocycles. The van der Waals surface area contributed by atoms with Crippen LogP contribution in [0.2, 0.25) is 0 Å². The summed E-state index contributed by atoms with van der Waals surface area (Å²) in [4.78, 5) is 28.3. The average molecular weight is 409 g/mol. The summed E-state index contributed by atoms with van der Waals surface area (Å²) in [5.41, 5.74) is 6.89. The molecule has 0 aliphatic heterocycles. The summed E-state index contributed by atoms with van der Waals surface area (Å²) >= 11 is 0. The van der Waals surface area contributed by atoms with Gasteiger partial charge < -0.3 is 20.3 Å². The first-order valence-electron chi connectivity index (χ1n) is 9.25. The van der Waals surface area contributed by atoms with Gasteiger partial charge in [-0.1, -0.05) is 26.8 Å². The van der Waals surface area contributed by atoms with E-state index in [0.29, 0.717) is 28.4 Å². The molecule has 30 heavy (non-hydrogen) atoms. The normalized spacial score (nSPS) is 11.2. The summed E-state index contributed by atoms with van der Waals surface area (Å²) in [5.74, 6) is 0.331. The van der Waals surface area contributed by atoms with Crippen molar-refractivity contribution in [1.29, 1.82) is 0 Å². The Labute approximate surface area is 173 Å². The number of rotatable bonds is 5. The molecule has 8 heteroatoms. The molecule has 2 aromatic heterocycles. The van der Waals surface area contributed by atoms with Crippen LogP contribution in [0.25, 0.3) is 11.3 Å². The molecule has 0 aliphatic rings. The Balaban J connectivity index is 1.88. The molecule has 3 aromatic rings. The van der Waals surface area contributed by atoms with Gasteiger partial charge in [-0.05, 0) is 29.7 Å². The number of nitrogen functional groups attached to an aromatic ring is 1. The number of benzene rings is 1. The number of nitrogens with zero attached hydrogens (tertiary/aromatic N) is 2. The van der Waals surface area contributed by atoms with Gasteiger partial charge in [-0.15, -0.1) is 0 Å². The predicted molar refractivity (Wildman–Crippen MR) is 112 cm³/mol. The Morgan fingerprint density at radius 1 is 1.13 bits per heavy atom. The highest BCUT2D eigenvalue weighted by Crippen LogP contribution is 2.28. The number of nitrogens with two attached hydrogens (primary N) is 1. The molecule has 1 aromatic carbocycles. The van der Waals surface area contributed by atoms with E-state index in [9.17, 15) is 14.7 Å². The summed E-state index contributed by atoms with van der Waals surface area (Å²) in [6, 6.07) is 11.7. The van der Waals surface area contributed by atoms with Crippen LogP contribution in [0.15, 0.2) is 54.9 Å². The van der Waals surface area contributed by atoms with E-state index >= 15 is 0 Å². The summed E-state index contributed by atoms with van der Waals surface area (Å²) in [6.45, 7) is 5.90. The van der Waals surface area contributed by atoms with Gasteiger partial charge in [-0.25, -0.2) is 14.2 Å². The van der Waals surface area contributed by atoms with E-state index in [1.807, 2.05) is 20.8 Å². The van der Waals surface area contributed by atoms with Crippen molar-refractivity contribution in [1.82, 2.24) is 9.55 Å². The number of ether oxygens (including phenoxy) is 2. The van der Waals surface area contributed by atoms with Gasteiger partial charge in [-0.2, -0.15) is 0 Å². The lowest BCUT2D eigenvalue weighted by Crippen LogP contribution is -2.21. The molecule has 0 unspecified atom stereocenters. The first-order valence-corrected chi connectivity index (χ1v) is 9.25. The van der Waals surface area contributed by atoms with Crippen LogP contribution in [0.5, 0.6) is 11.5 Å². The van der Waals surface area contributed by atoms with Crippen molar-refractivity contribution in [2.45, 2.75) is 20.8 Å². The zero-order chi connectivity index (χ0) is 21.9. The second-order valence-corrected chi connectivity index (χ2v) is 7.95. The number of esters is 1. The average Bonchev–Trinajstić information content (AvgIpc) is 3.12. The molecule has 3 rings (SSSR count). The number of hydrogen-bond acceptors (Lipinski definition) is 6. The van der Waals surface area contributed by atoms with Crippen LogP contribution in [-0.4, -0.2) is 33.3 Å². The van der Waals surface area contributed by atoms with Crippen LogP contribution in [0.4, 0.5) is 10.5 Å². The number of anilines is 1. The third-order valence-corrected chi connectivity index (χ3v) is 3.99. The number of aromatic nitrogens is 2. The zero-order valence-electron chi connectivity index (χ0n) is 17.0. The van der Waals surface area contributed by atoms with Crippen LogP contribution in [0, 0.1) is 5.41 Å². The maximum Gasteiger partial charge on any atom is 0.416 e. The highest BCUT2D eigenvalue weighted by atomic mass is 16.5. The van der Waals surface area contributed by atoms with Gasteiger partial charge in [-0.3, -0.25) is 4.98 Å². The number of carboxylic acid groups (broad SMARTS) is 1. The number of pyridine rings is 1. The third kappa shape index (κ3) is 5.16. The van der Waals surface area contributed by atoms with E-state index in [2.05, 4.69) is 4.98 Å². The van der Waals surface area contributed by atoms with Crippen molar-refractivity contribution in [3.63, 3.8) is 0 Å². The second-order valence-electron chi connectivity index (χ2n) is 7.95. The molecule has 0 radical (unpaired) electrons. The van der Waals surface area contributed by atoms with Gasteiger partial charge in [0.2, 0.25) is 0 Å². The predicted octanol–water partition coefficient (Wildman–Crippen LogP) is 4.65. The Bertz CT molecular complexity index is 1080. The van der Waals surface area contributed by atoms with Gasteiger partial charge >= 0.3 is 12.1 Å². The van der Waals surface area contributed by atoms with Gasteiger partial charge in [0.25, 0.3) is 0 Å². The number of carbonyl (C=O) groups is 2. The molecular formula is C22H23N3O5. The second kappa shape index (κ2) is 8.28. The molecular weight excluding hydrogens is 386 g/mol. The van der Waals surface area contributed by atoms with Crippen molar-refractivity contribution < 1.29 is 24.2 Å². The van der Waals surface area contributed by atoms with Crippen molar-refractivity contribution in [2.75, 3.05) is 12.3 Å². The molecule has 0 amide bonds. The number of carbonyl (C=O) groups excluding carboxylic acids is 1. The van der Waals surface area contributed by atoms with Crippen LogP contribution in [0.3, 0.4) is 0 Å². The lowest BCUT2D eigenvalue weighted by molar-refractivity contribution is 0.0355. The fourth-order valence-corrected chi connectivity index (χ4v) is 2.62. The highest BCUT2D eigenvalue weighted by molar-refractivity contribution is 5.93. The quantitative estimate of drug-likeness (QED) is 0.465. The Morgan fingerprint density at radius 2 is 1.87 bits per heavy atom. The molecule has 0 spiro atoms. The Kier molecular flexibility index (Phi) is 5.77. The molecule has 0 atom stereocenters. The fourth-order valence-electron chi connectivity index (χ4n) is 2.62. The summed E-state index contributed by atoms with van der Waals surface area (Å²) in [6.07, 6.45) is 1.56. The summed E-state index contributed by atoms with van der Waals surface area (Å²) in [5, 5.41) is 9.48. The summed E-state index contributed by atoms with van der Waals surface area (Å²) in [7, 11) is 0. The lowest BCUT2D eigenvalue weighted by atomic mass is 9.99. The van der Waals surface area contributed by atoms with E-state index in [1.165, 1.54) is 18.5 Å². The van der Waals surface area contributed by atoms with Crippen LogP contribution < -0.4 is 10.5 Å². The van der Waals surface area contributed by atoms with Gasteiger partial charge in [0.05, 0.1) is 12.3 Å². The van der Waals surface area contributed by atoms with Crippen molar-refractivity contribution in [2.24, 2.45) is 5.41 Å². The van der Waals surface area contributed by atoms with E-state index in [4.69, 9.17) is 15.2 Å². The SMILES string of the molecule is CC(C)(C)COC(=O)c1cc(-c2cc(Oc3cccc(N)c3)ccn2)cn1C(=O)O. The Hall–Kier alpha value is -3.81. The standard InChI is InChI=1S/C22H23N3O5/c1-22(2,3)13-29-20(26)19-9-14(12-25(19)21(27)28)18-11-17(7-8-24-18)30-16-6-4-5-15(23)10-16/h4-12H,13,23H2,1-3H3,(H,27,28). The van der Waals surface area contributed by atoms with Crippen LogP contribution in [0.1, 0.15) is 31.3 Å². The zero-order valence-corrected chi connectivity index (χ0v) is 17.0. The Morgan fingerprint density at radius 3 is 2.53 bits per heavy atom.